The van der Waals surface area contributed by atoms with Crippen molar-refractivity contribution in [2.45, 2.75) is 52.1 Å². The lowest BCUT2D eigenvalue weighted by Crippen LogP contribution is -2.46. The maximum Gasteiger partial charge on any atom is 0.0507 e. The second kappa shape index (κ2) is 6.59. The molecule has 2 nitrogen and oxygen atoms in total. The highest BCUT2D eigenvalue weighted by Crippen LogP contribution is 2.38. The summed E-state index contributed by atoms with van der Waals surface area (Å²) in [5.74, 6) is 0. The number of hydrogen-bond acceptors (Lipinski definition) is 2. The van der Waals surface area contributed by atoms with Gasteiger partial charge in [-0.2, -0.15) is 0 Å². The smallest absolute Gasteiger partial charge is 0.0507 e. The molecule has 2 rings (SSSR count). The number of rotatable bonds is 4. The summed E-state index contributed by atoms with van der Waals surface area (Å²) in [6.07, 6.45) is 3.83. The summed E-state index contributed by atoms with van der Waals surface area (Å²) in [6.45, 7) is 9.16. The van der Waals surface area contributed by atoms with E-state index in [1.807, 2.05) is 0 Å². The Morgan fingerprint density at radius 1 is 1.30 bits per heavy atom. The summed E-state index contributed by atoms with van der Waals surface area (Å²) in [5, 5.41) is 0. The highest BCUT2D eigenvalue weighted by atomic mass is 79.9. The molecule has 0 aromatic heterocycles. The first-order chi connectivity index (χ1) is 9.47. The van der Waals surface area contributed by atoms with E-state index in [1.54, 1.807) is 0 Å². The van der Waals surface area contributed by atoms with Crippen LogP contribution < -0.4 is 5.73 Å². The van der Waals surface area contributed by atoms with Gasteiger partial charge in [-0.1, -0.05) is 54.4 Å². The normalized spacial score (nSPS) is 22.4. The van der Waals surface area contributed by atoms with Gasteiger partial charge in [0.15, 0.2) is 0 Å². The van der Waals surface area contributed by atoms with E-state index in [9.17, 15) is 0 Å². The summed E-state index contributed by atoms with van der Waals surface area (Å²) in [5.41, 5.74) is 8.15. The highest BCUT2D eigenvalue weighted by Gasteiger charge is 2.33. The molecule has 0 amide bonds. The maximum absolute atomic E-state index is 6.31. The fourth-order valence-corrected chi connectivity index (χ4v) is 3.74. The lowest BCUT2D eigenvalue weighted by molar-refractivity contribution is 0.0719. The fraction of sp³-hybridized carbons (Fsp3) is 0.647. The Morgan fingerprint density at radius 2 is 1.90 bits per heavy atom. The van der Waals surface area contributed by atoms with Gasteiger partial charge < -0.3 is 5.73 Å². The van der Waals surface area contributed by atoms with Crippen molar-refractivity contribution in [1.29, 1.82) is 0 Å². The first kappa shape index (κ1) is 16.0. The van der Waals surface area contributed by atoms with Gasteiger partial charge in [0.05, 0.1) is 6.04 Å². The van der Waals surface area contributed by atoms with Gasteiger partial charge in [-0.15, -0.1) is 0 Å². The monoisotopic (exact) mass is 338 g/mol. The molecule has 1 aromatic carbocycles. The number of nitrogens with zero attached hydrogens (tertiary/aromatic N) is 1. The molecule has 1 saturated heterocycles. The second-order valence-electron chi connectivity index (χ2n) is 6.53. The third-order valence-corrected chi connectivity index (χ3v) is 5.70. The van der Waals surface area contributed by atoms with Crippen molar-refractivity contribution in [3.05, 3.63) is 34.3 Å². The van der Waals surface area contributed by atoms with Crippen LogP contribution in [0.4, 0.5) is 0 Å². The van der Waals surface area contributed by atoms with E-state index in [4.69, 9.17) is 5.73 Å². The Bertz CT molecular complexity index is 436. The van der Waals surface area contributed by atoms with Crippen molar-refractivity contribution in [2.75, 3.05) is 13.1 Å². The molecular formula is C17H27BrN2. The van der Waals surface area contributed by atoms with Gasteiger partial charge in [0, 0.05) is 10.5 Å². The van der Waals surface area contributed by atoms with Crippen molar-refractivity contribution in [1.82, 2.24) is 4.90 Å². The van der Waals surface area contributed by atoms with E-state index in [0.717, 1.165) is 13.1 Å². The predicted octanol–water partition coefficient (Wildman–Crippen LogP) is 4.35. The van der Waals surface area contributed by atoms with E-state index < -0.39 is 0 Å². The molecule has 1 aliphatic heterocycles. The highest BCUT2D eigenvalue weighted by molar-refractivity contribution is 9.10. The van der Waals surface area contributed by atoms with E-state index in [-0.39, 0.29) is 6.04 Å². The Balaban J connectivity index is 2.18. The fourth-order valence-electron chi connectivity index (χ4n) is 3.22. The minimum absolute atomic E-state index is 0.139. The molecule has 2 atom stereocenters. The Kier molecular flexibility index (Phi) is 5.27. The van der Waals surface area contributed by atoms with Gasteiger partial charge in [-0.25, -0.2) is 0 Å². The molecule has 1 fully saturated rings. The number of halogens is 1. The van der Waals surface area contributed by atoms with Crippen LogP contribution in [-0.2, 0) is 0 Å². The molecule has 0 radical (unpaired) electrons. The molecule has 1 aliphatic rings. The number of likely N-dealkylation sites (tertiary alicyclic amines) is 1. The second-order valence-corrected chi connectivity index (χ2v) is 7.38. The molecular weight excluding hydrogens is 312 g/mol. The SMILES string of the molecule is CCC1(C)CCN(C(c2ccccc2Br)C(C)N)CC1. The molecule has 2 unspecified atom stereocenters. The third kappa shape index (κ3) is 3.44. The van der Waals surface area contributed by atoms with Gasteiger partial charge in [-0.05, 0) is 49.9 Å². The van der Waals surface area contributed by atoms with Crippen LogP contribution in [0.5, 0.6) is 0 Å². The van der Waals surface area contributed by atoms with Crippen LogP contribution in [0.25, 0.3) is 0 Å². The number of benzene rings is 1. The zero-order chi connectivity index (χ0) is 14.8. The van der Waals surface area contributed by atoms with Crippen molar-refractivity contribution in [3.63, 3.8) is 0 Å². The maximum atomic E-state index is 6.31. The summed E-state index contributed by atoms with van der Waals surface area (Å²) < 4.78 is 1.17. The number of nitrogens with two attached hydrogens (primary N) is 1. The largest absolute Gasteiger partial charge is 0.326 e. The van der Waals surface area contributed by atoms with Crippen molar-refractivity contribution >= 4 is 15.9 Å². The van der Waals surface area contributed by atoms with Gasteiger partial charge in [0.25, 0.3) is 0 Å². The Labute approximate surface area is 131 Å². The minimum atomic E-state index is 0.139. The van der Waals surface area contributed by atoms with E-state index in [2.05, 4.69) is 65.9 Å². The first-order valence-electron chi connectivity index (χ1n) is 7.71. The summed E-state index contributed by atoms with van der Waals surface area (Å²) in [6, 6.07) is 8.94. The summed E-state index contributed by atoms with van der Waals surface area (Å²) in [4.78, 5) is 2.57. The van der Waals surface area contributed by atoms with Crippen molar-refractivity contribution < 1.29 is 0 Å². The van der Waals surface area contributed by atoms with Crippen LogP contribution >= 0.6 is 15.9 Å². The van der Waals surface area contributed by atoms with E-state index in [1.165, 1.54) is 29.3 Å². The zero-order valence-corrected chi connectivity index (χ0v) is 14.5. The number of piperidine rings is 1. The molecule has 0 saturated carbocycles. The standard InChI is InChI=1S/C17H27BrN2/c1-4-17(3)9-11-20(12-10-17)16(13(2)19)14-7-5-6-8-15(14)18/h5-8,13,16H,4,9-12,19H2,1-3H3. The number of hydrogen-bond donors (Lipinski definition) is 1. The lowest BCUT2D eigenvalue weighted by Gasteiger charge is -2.44. The molecule has 20 heavy (non-hydrogen) atoms. The Morgan fingerprint density at radius 3 is 2.40 bits per heavy atom. The molecule has 0 aliphatic carbocycles. The lowest BCUT2D eigenvalue weighted by atomic mass is 9.77. The molecule has 112 valence electrons. The molecule has 0 bridgehead atoms. The van der Waals surface area contributed by atoms with Crippen LogP contribution in [-0.4, -0.2) is 24.0 Å². The van der Waals surface area contributed by atoms with E-state index in [0.29, 0.717) is 11.5 Å². The van der Waals surface area contributed by atoms with Gasteiger partial charge in [0.1, 0.15) is 0 Å². The predicted molar refractivity (Wildman–Crippen MR) is 89.7 cm³/mol. The van der Waals surface area contributed by atoms with Crippen LogP contribution in [0.15, 0.2) is 28.7 Å². The van der Waals surface area contributed by atoms with Crippen LogP contribution in [0.3, 0.4) is 0 Å². The quantitative estimate of drug-likeness (QED) is 0.884. The van der Waals surface area contributed by atoms with Gasteiger partial charge >= 0.3 is 0 Å². The van der Waals surface area contributed by atoms with Crippen LogP contribution in [0, 0.1) is 5.41 Å². The van der Waals surface area contributed by atoms with Gasteiger partial charge in [-0.3, -0.25) is 4.90 Å². The summed E-state index contributed by atoms with van der Waals surface area (Å²) in [7, 11) is 0. The topological polar surface area (TPSA) is 29.3 Å². The first-order valence-corrected chi connectivity index (χ1v) is 8.50. The minimum Gasteiger partial charge on any atom is -0.326 e. The average Bonchev–Trinajstić information content (AvgIpc) is 2.43. The van der Waals surface area contributed by atoms with E-state index >= 15 is 0 Å². The molecule has 1 aromatic rings. The Hall–Kier alpha value is -0.380. The average molecular weight is 339 g/mol. The van der Waals surface area contributed by atoms with Crippen molar-refractivity contribution in [2.24, 2.45) is 11.1 Å². The van der Waals surface area contributed by atoms with Crippen molar-refractivity contribution in [3.8, 4) is 0 Å². The summed E-state index contributed by atoms with van der Waals surface area (Å²) >= 11 is 3.69. The molecule has 0 spiro atoms. The molecule has 2 N–H and O–H groups in total. The molecule has 3 heteroatoms. The van der Waals surface area contributed by atoms with Crippen LogP contribution in [0.2, 0.25) is 0 Å². The molecule has 1 heterocycles. The van der Waals surface area contributed by atoms with Gasteiger partial charge in [0.2, 0.25) is 0 Å². The zero-order valence-electron chi connectivity index (χ0n) is 12.9. The van der Waals surface area contributed by atoms with Crippen LogP contribution in [0.1, 0.15) is 51.6 Å². The third-order valence-electron chi connectivity index (χ3n) is 4.97.